The second-order valence-corrected chi connectivity index (χ2v) is 8.34. The lowest BCUT2D eigenvalue weighted by molar-refractivity contribution is 0.0985. The van der Waals surface area contributed by atoms with Gasteiger partial charge in [0.25, 0.3) is 0 Å². The van der Waals surface area contributed by atoms with Gasteiger partial charge in [-0.15, -0.1) is 0 Å². The highest BCUT2D eigenvalue weighted by atomic mass is 32.1. The maximum Gasteiger partial charge on any atom is 0.318 e. The van der Waals surface area contributed by atoms with Crippen LogP contribution in [-0.4, -0.2) is 48.8 Å². The predicted octanol–water partition coefficient (Wildman–Crippen LogP) is 4.28. The number of amides is 2. The Morgan fingerprint density at radius 1 is 1.18 bits per heavy atom. The van der Waals surface area contributed by atoms with Crippen molar-refractivity contribution in [1.82, 2.24) is 15.3 Å². The van der Waals surface area contributed by atoms with Gasteiger partial charge >= 0.3 is 6.03 Å². The molecule has 1 fully saturated rings. The number of nitrogens with zero attached hydrogens (tertiary/aromatic N) is 3. The number of aromatic nitrogens is 2. The van der Waals surface area contributed by atoms with E-state index in [2.05, 4.69) is 22.5 Å². The predicted molar refractivity (Wildman–Crippen MR) is 130 cm³/mol. The number of hydrogen-bond donors (Lipinski definition) is 3. The van der Waals surface area contributed by atoms with Crippen LogP contribution in [0.2, 0.25) is 0 Å². The summed E-state index contributed by atoms with van der Waals surface area (Å²) >= 11 is 4.79. The molecule has 7 nitrogen and oxygen atoms in total. The van der Waals surface area contributed by atoms with Crippen molar-refractivity contribution in [2.24, 2.45) is 0 Å². The molecule has 3 aromatic rings. The molecule has 172 valence electrons. The Kier molecular flexibility index (Phi) is 7.10. The Bertz CT molecular complexity index is 1110. The summed E-state index contributed by atoms with van der Waals surface area (Å²) < 4.78 is 19.0. The van der Waals surface area contributed by atoms with Gasteiger partial charge in [-0.3, -0.25) is 0 Å². The first-order valence-corrected chi connectivity index (χ1v) is 11.2. The highest BCUT2D eigenvalue weighted by Crippen LogP contribution is 2.32. The summed E-state index contributed by atoms with van der Waals surface area (Å²) in [6.45, 7) is 4.07. The minimum Gasteiger partial charge on any atom is -0.377 e. The van der Waals surface area contributed by atoms with Crippen LogP contribution in [0.4, 0.5) is 20.7 Å². The lowest BCUT2D eigenvalue weighted by atomic mass is 10.1. The molecular weight excluding hydrogens is 441 g/mol. The fraction of sp³-hybridized carbons (Fsp3) is 0.292. The molecular formula is C24H26FN5O2S. The molecule has 1 aliphatic heterocycles. The van der Waals surface area contributed by atoms with E-state index in [-0.39, 0.29) is 23.1 Å². The molecule has 1 aromatic heterocycles. The molecule has 1 unspecified atom stereocenters. The van der Waals surface area contributed by atoms with Crippen LogP contribution >= 0.6 is 12.6 Å². The van der Waals surface area contributed by atoms with E-state index in [0.717, 1.165) is 29.2 Å². The summed E-state index contributed by atoms with van der Waals surface area (Å²) in [6.07, 6.45) is 0. The Labute approximate surface area is 197 Å². The maximum atomic E-state index is 13.4. The molecule has 33 heavy (non-hydrogen) atoms. The van der Waals surface area contributed by atoms with E-state index >= 15 is 0 Å². The van der Waals surface area contributed by atoms with Crippen molar-refractivity contribution in [3.05, 3.63) is 71.7 Å². The second-order valence-electron chi connectivity index (χ2n) is 7.83. The van der Waals surface area contributed by atoms with Crippen molar-refractivity contribution in [1.29, 1.82) is 0 Å². The van der Waals surface area contributed by atoms with E-state index < -0.39 is 0 Å². The Hall–Kier alpha value is -3.17. The summed E-state index contributed by atoms with van der Waals surface area (Å²) in [4.78, 5) is 23.4. The molecule has 2 amide bonds. The number of halogens is 1. The molecule has 2 heterocycles. The first kappa shape index (κ1) is 23.0. The molecule has 0 spiro atoms. The molecule has 0 aliphatic carbocycles. The number of carbonyl (C=O) groups is 1. The van der Waals surface area contributed by atoms with Crippen LogP contribution in [0.5, 0.6) is 0 Å². The Morgan fingerprint density at radius 3 is 2.58 bits per heavy atom. The number of carbonyl (C=O) groups excluding carboxylic acids is 1. The fourth-order valence-electron chi connectivity index (χ4n) is 3.65. The first-order chi connectivity index (χ1) is 15.9. The van der Waals surface area contributed by atoms with Crippen LogP contribution in [0.3, 0.4) is 0 Å². The van der Waals surface area contributed by atoms with E-state index in [1.54, 1.807) is 31.3 Å². The first-order valence-electron chi connectivity index (χ1n) is 10.7. The minimum atomic E-state index is -0.350. The van der Waals surface area contributed by atoms with Gasteiger partial charge in [-0.05, 0) is 48.9 Å². The lowest BCUT2D eigenvalue weighted by Crippen LogP contribution is -2.44. The van der Waals surface area contributed by atoms with E-state index in [0.29, 0.717) is 24.7 Å². The Balaban J connectivity index is 1.72. The van der Waals surface area contributed by atoms with Crippen molar-refractivity contribution >= 4 is 30.2 Å². The van der Waals surface area contributed by atoms with Crippen molar-refractivity contribution in [2.75, 3.05) is 37.0 Å². The number of ether oxygens (including phenoxy) is 1. The monoisotopic (exact) mass is 467 g/mol. The molecule has 9 heteroatoms. The number of nitrogens with one attached hydrogen (secondary N) is 2. The van der Waals surface area contributed by atoms with E-state index in [1.807, 2.05) is 18.2 Å². The topological polar surface area (TPSA) is 79.4 Å². The Morgan fingerprint density at radius 2 is 1.91 bits per heavy atom. The smallest absolute Gasteiger partial charge is 0.318 e. The van der Waals surface area contributed by atoms with Gasteiger partial charge in [-0.1, -0.05) is 12.1 Å². The van der Waals surface area contributed by atoms with Crippen molar-refractivity contribution in [3.8, 4) is 11.4 Å². The number of rotatable bonds is 5. The number of urea groups is 1. The zero-order valence-corrected chi connectivity index (χ0v) is 19.3. The van der Waals surface area contributed by atoms with Gasteiger partial charge in [-0.25, -0.2) is 19.2 Å². The van der Waals surface area contributed by atoms with Crippen LogP contribution in [-0.2, 0) is 4.74 Å². The van der Waals surface area contributed by atoms with Gasteiger partial charge in [0.05, 0.1) is 30.2 Å². The van der Waals surface area contributed by atoms with Crippen LogP contribution in [0, 0.1) is 5.82 Å². The van der Waals surface area contributed by atoms with Crippen molar-refractivity contribution in [2.45, 2.75) is 18.2 Å². The summed E-state index contributed by atoms with van der Waals surface area (Å²) in [5, 5.41) is 4.91. The number of morpholine rings is 1. The van der Waals surface area contributed by atoms with Crippen molar-refractivity contribution in [3.63, 3.8) is 0 Å². The van der Waals surface area contributed by atoms with Crippen molar-refractivity contribution < 1.29 is 13.9 Å². The highest BCUT2D eigenvalue weighted by molar-refractivity contribution is 7.80. The standard InChI is InChI=1S/C24H26FN5O2S/c1-15-14-32-12-11-30(15)21-13-20(22(33)16-3-7-18(25)8-4-16)28-23(29-21)17-5-9-19(10-6-17)27-24(31)26-2/h3-10,13,15,22,33H,11-12,14H2,1-2H3,(H2,26,27,31)/t15-,22?/m0/s1. The summed E-state index contributed by atoms with van der Waals surface area (Å²) in [5.41, 5.74) is 3.03. The molecule has 1 saturated heterocycles. The SMILES string of the molecule is CNC(=O)Nc1ccc(-c2nc(C(S)c3ccc(F)cc3)cc(N3CCOC[C@@H]3C)n2)cc1. The quantitative estimate of drug-likeness (QED) is 0.488. The number of benzene rings is 2. The largest absolute Gasteiger partial charge is 0.377 e. The van der Waals surface area contributed by atoms with Gasteiger partial charge in [0.2, 0.25) is 0 Å². The van der Waals surface area contributed by atoms with Crippen LogP contribution in [0.25, 0.3) is 11.4 Å². The van der Waals surface area contributed by atoms with Crippen LogP contribution in [0.1, 0.15) is 23.4 Å². The highest BCUT2D eigenvalue weighted by Gasteiger charge is 2.23. The molecule has 2 aromatic carbocycles. The van der Waals surface area contributed by atoms with Gasteiger partial charge in [0, 0.05) is 30.9 Å². The number of anilines is 2. The minimum absolute atomic E-state index is 0.165. The van der Waals surface area contributed by atoms with Crippen LogP contribution in [0.15, 0.2) is 54.6 Å². The summed E-state index contributed by atoms with van der Waals surface area (Å²) in [5.74, 6) is 1.05. The fourth-order valence-corrected chi connectivity index (χ4v) is 3.95. The molecule has 2 N–H and O–H groups in total. The second kappa shape index (κ2) is 10.2. The summed E-state index contributed by atoms with van der Waals surface area (Å²) in [6, 6.07) is 15.4. The van der Waals surface area contributed by atoms with E-state index in [4.69, 9.17) is 27.3 Å². The third kappa shape index (κ3) is 5.43. The molecule has 0 bridgehead atoms. The molecule has 0 radical (unpaired) electrons. The average Bonchev–Trinajstić information content (AvgIpc) is 2.84. The summed E-state index contributed by atoms with van der Waals surface area (Å²) in [7, 11) is 1.56. The number of hydrogen-bond acceptors (Lipinski definition) is 6. The molecule has 1 aliphatic rings. The molecule has 4 rings (SSSR count). The normalized spacial score (nSPS) is 16.8. The van der Waals surface area contributed by atoms with Gasteiger partial charge in [-0.2, -0.15) is 12.6 Å². The third-order valence-electron chi connectivity index (χ3n) is 5.49. The average molecular weight is 468 g/mol. The van der Waals surface area contributed by atoms with E-state index in [1.165, 1.54) is 12.1 Å². The molecule has 2 atom stereocenters. The third-order valence-corrected chi connectivity index (χ3v) is 6.05. The lowest BCUT2D eigenvalue weighted by Gasteiger charge is -2.34. The molecule has 0 saturated carbocycles. The zero-order chi connectivity index (χ0) is 23.4. The van der Waals surface area contributed by atoms with Gasteiger partial charge in [0.1, 0.15) is 11.6 Å². The number of thiol groups is 1. The van der Waals surface area contributed by atoms with Crippen LogP contribution < -0.4 is 15.5 Å². The maximum absolute atomic E-state index is 13.4. The van der Waals surface area contributed by atoms with E-state index in [9.17, 15) is 9.18 Å². The zero-order valence-electron chi connectivity index (χ0n) is 18.5. The van der Waals surface area contributed by atoms with Gasteiger partial charge in [0.15, 0.2) is 5.82 Å². The van der Waals surface area contributed by atoms with Gasteiger partial charge < -0.3 is 20.3 Å².